The van der Waals surface area contributed by atoms with Crippen molar-refractivity contribution in [1.29, 1.82) is 0 Å². The van der Waals surface area contributed by atoms with Crippen LogP contribution in [-0.2, 0) is 0 Å². The molecule has 1 N–H and O–H groups in total. The smallest absolute Gasteiger partial charge is 0.131 e. The summed E-state index contributed by atoms with van der Waals surface area (Å²) in [6, 6.07) is 5.41. The molecule has 11 heavy (non-hydrogen) atoms. The van der Waals surface area contributed by atoms with Gasteiger partial charge < -0.3 is 5.32 Å². The molecule has 1 aromatic rings. The van der Waals surface area contributed by atoms with Gasteiger partial charge in [0.2, 0.25) is 0 Å². The van der Waals surface area contributed by atoms with Gasteiger partial charge in [-0.1, -0.05) is 0 Å². The molecule has 1 rings (SSSR count). The fourth-order valence-corrected chi connectivity index (χ4v) is 1.28. The molecule has 0 spiro atoms. The Morgan fingerprint density at radius 1 is 1.55 bits per heavy atom. The first-order valence-electron chi connectivity index (χ1n) is 3.08. The summed E-state index contributed by atoms with van der Waals surface area (Å²) in [5, 5.41) is 5.76. The number of nitroso groups, excluding NO2 is 1. The van der Waals surface area contributed by atoms with Crippen molar-refractivity contribution < 1.29 is 0 Å². The van der Waals surface area contributed by atoms with Gasteiger partial charge in [0.05, 0.1) is 5.69 Å². The molecular formula is C7H7IN2O. The Labute approximate surface area is 78.3 Å². The number of hydrogen-bond donors (Lipinski definition) is 1. The van der Waals surface area contributed by atoms with Gasteiger partial charge in [-0.15, -0.1) is 4.91 Å². The Bertz CT molecular complexity index is 275. The van der Waals surface area contributed by atoms with Gasteiger partial charge in [-0.05, 0) is 46.0 Å². The summed E-state index contributed by atoms with van der Waals surface area (Å²) < 4.78 is 1.08. The number of rotatable bonds is 2. The molecule has 0 aliphatic carbocycles. The lowest BCUT2D eigenvalue weighted by atomic mass is 10.3. The molecule has 0 bridgehead atoms. The Balaban J connectivity index is 3.16. The van der Waals surface area contributed by atoms with Crippen LogP contribution in [0.1, 0.15) is 0 Å². The monoisotopic (exact) mass is 262 g/mol. The molecule has 0 aliphatic rings. The van der Waals surface area contributed by atoms with E-state index in [0.717, 1.165) is 9.26 Å². The van der Waals surface area contributed by atoms with Gasteiger partial charge in [0, 0.05) is 10.6 Å². The number of anilines is 1. The molecule has 0 saturated heterocycles. The van der Waals surface area contributed by atoms with Crippen molar-refractivity contribution in [2.75, 3.05) is 12.4 Å². The second kappa shape index (κ2) is 3.66. The highest BCUT2D eigenvalue weighted by Gasteiger charge is 1.99. The number of hydrogen-bond acceptors (Lipinski definition) is 3. The van der Waals surface area contributed by atoms with Crippen LogP contribution in [0.5, 0.6) is 0 Å². The predicted molar refractivity (Wildman–Crippen MR) is 54.2 cm³/mol. The highest BCUT2D eigenvalue weighted by Crippen LogP contribution is 2.25. The molecule has 3 nitrogen and oxygen atoms in total. The largest absolute Gasteiger partial charge is 0.386 e. The summed E-state index contributed by atoms with van der Waals surface area (Å²) in [5.74, 6) is 0. The minimum absolute atomic E-state index is 0.452. The standard InChI is InChI=1S/C7H7IN2O/c1-9-7-4-5(8)2-3-6(7)10-11/h2-4,9H,1H3. The molecule has 0 heterocycles. The molecule has 0 amide bonds. The summed E-state index contributed by atoms with van der Waals surface area (Å²) in [6.07, 6.45) is 0. The first kappa shape index (κ1) is 8.45. The van der Waals surface area contributed by atoms with Crippen LogP contribution in [0.15, 0.2) is 23.4 Å². The molecule has 0 fully saturated rings. The zero-order chi connectivity index (χ0) is 8.27. The van der Waals surface area contributed by atoms with Crippen LogP contribution in [0.25, 0.3) is 0 Å². The molecule has 0 radical (unpaired) electrons. The van der Waals surface area contributed by atoms with Gasteiger partial charge in [0.25, 0.3) is 0 Å². The Morgan fingerprint density at radius 2 is 2.27 bits per heavy atom. The Hall–Kier alpha value is -0.650. The van der Waals surface area contributed by atoms with E-state index in [2.05, 4.69) is 33.1 Å². The lowest BCUT2D eigenvalue weighted by Crippen LogP contribution is -1.88. The topological polar surface area (TPSA) is 41.5 Å². The maximum atomic E-state index is 10.2. The lowest BCUT2D eigenvalue weighted by Gasteiger charge is -2.01. The van der Waals surface area contributed by atoms with E-state index in [1.54, 1.807) is 13.1 Å². The second-order valence-electron chi connectivity index (χ2n) is 2.00. The summed E-state index contributed by atoms with van der Waals surface area (Å²) in [4.78, 5) is 10.2. The molecule has 1 aromatic carbocycles. The second-order valence-corrected chi connectivity index (χ2v) is 3.25. The van der Waals surface area contributed by atoms with Gasteiger partial charge in [0.1, 0.15) is 5.69 Å². The molecule has 58 valence electrons. The Morgan fingerprint density at radius 3 is 2.82 bits per heavy atom. The summed E-state index contributed by atoms with van der Waals surface area (Å²) in [6.45, 7) is 0. The minimum atomic E-state index is 0.452. The number of nitrogens with zero attached hydrogens (tertiary/aromatic N) is 1. The summed E-state index contributed by atoms with van der Waals surface area (Å²) in [7, 11) is 1.76. The van der Waals surface area contributed by atoms with E-state index in [4.69, 9.17) is 0 Å². The van der Waals surface area contributed by atoms with Gasteiger partial charge >= 0.3 is 0 Å². The van der Waals surface area contributed by atoms with Crippen LogP contribution in [0.3, 0.4) is 0 Å². The molecule has 0 aliphatic heterocycles. The van der Waals surface area contributed by atoms with Crippen molar-refractivity contribution in [3.8, 4) is 0 Å². The van der Waals surface area contributed by atoms with Crippen molar-refractivity contribution in [2.45, 2.75) is 0 Å². The molecule has 0 saturated carbocycles. The minimum Gasteiger partial charge on any atom is -0.386 e. The van der Waals surface area contributed by atoms with Gasteiger partial charge in [0.15, 0.2) is 0 Å². The third-order valence-corrected chi connectivity index (χ3v) is 2.00. The van der Waals surface area contributed by atoms with E-state index < -0.39 is 0 Å². The number of benzene rings is 1. The van der Waals surface area contributed by atoms with E-state index in [1.807, 2.05) is 12.1 Å². The van der Waals surface area contributed by atoms with Crippen LogP contribution in [0, 0.1) is 8.48 Å². The lowest BCUT2D eigenvalue weighted by molar-refractivity contribution is 1.42. The first-order chi connectivity index (χ1) is 5.27. The first-order valence-corrected chi connectivity index (χ1v) is 4.16. The van der Waals surface area contributed by atoms with Crippen molar-refractivity contribution in [2.24, 2.45) is 5.18 Å². The summed E-state index contributed by atoms with van der Waals surface area (Å²) in [5.41, 5.74) is 1.22. The Kier molecular flexibility index (Phi) is 2.81. The molecule has 4 heteroatoms. The van der Waals surface area contributed by atoms with Crippen molar-refractivity contribution in [1.82, 2.24) is 0 Å². The van der Waals surface area contributed by atoms with Crippen LogP contribution >= 0.6 is 22.6 Å². The third-order valence-electron chi connectivity index (χ3n) is 1.33. The van der Waals surface area contributed by atoms with Crippen molar-refractivity contribution >= 4 is 34.0 Å². The maximum absolute atomic E-state index is 10.2. The fourth-order valence-electron chi connectivity index (χ4n) is 0.788. The summed E-state index contributed by atoms with van der Waals surface area (Å²) >= 11 is 2.18. The zero-order valence-electron chi connectivity index (χ0n) is 5.97. The van der Waals surface area contributed by atoms with E-state index in [1.165, 1.54) is 0 Å². The SMILES string of the molecule is CNc1cc(I)ccc1N=O. The van der Waals surface area contributed by atoms with Crippen molar-refractivity contribution in [3.63, 3.8) is 0 Å². The molecule has 0 atom stereocenters. The number of nitrogens with one attached hydrogen (secondary N) is 1. The van der Waals surface area contributed by atoms with Crippen LogP contribution < -0.4 is 5.32 Å². The van der Waals surface area contributed by atoms with Crippen molar-refractivity contribution in [3.05, 3.63) is 26.7 Å². The van der Waals surface area contributed by atoms with E-state index in [0.29, 0.717) is 5.69 Å². The third kappa shape index (κ3) is 1.89. The van der Waals surface area contributed by atoms with Gasteiger partial charge in [-0.3, -0.25) is 0 Å². The van der Waals surface area contributed by atoms with E-state index in [9.17, 15) is 4.91 Å². The fraction of sp³-hybridized carbons (Fsp3) is 0.143. The van der Waals surface area contributed by atoms with Crippen LogP contribution in [-0.4, -0.2) is 7.05 Å². The average Bonchev–Trinajstić information content (AvgIpc) is 2.04. The van der Waals surface area contributed by atoms with E-state index >= 15 is 0 Å². The van der Waals surface area contributed by atoms with Gasteiger partial charge in [-0.25, -0.2) is 0 Å². The molecule has 0 aromatic heterocycles. The quantitative estimate of drug-likeness (QED) is 0.657. The van der Waals surface area contributed by atoms with Crippen LogP contribution in [0.2, 0.25) is 0 Å². The molecule has 0 unspecified atom stereocenters. The predicted octanol–water partition coefficient (Wildman–Crippen LogP) is 2.73. The van der Waals surface area contributed by atoms with Crippen LogP contribution in [0.4, 0.5) is 11.4 Å². The average molecular weight is 262 g/mol. The normalized spacial score (nSPS) is 9.27. The number of halogens is 1. The maximum Gasteiger partial charge on any atom is 0.131 e. The van der Waals surface area contributed by atoms with E-state index in [-0.39, 0.29) is 0 Å². The highest BCUT2D eigenvalue weighted by atomic mass is 127. The molecular weight excluding hydrogens is 255 g/mol. The van der Waals surface area contributed by atoms with Gasteiger partial charge in [-0.2, -0.15) is 0 Å². The highest BCUT2D eigenvalue weighted by molar-refractivity contribution is 14.1. The zero-order valence-corrected chi connectivity index (χ0v) is 8.12.